The van der Waals surface area contributed by atoms with Crippen LogP contribution in [0.25, 0.3) is 0 Å². The highest BCUT2D eigenvalue weighted by Gasteiger charge is 2.26. The van der Waals surface area contributed by atoms with Crippen LogP contribution in [0.15, 0.2) is 30.3 Å². The molecule has 1 aliphatic heterocycles. The van der Waals surface area contributed by atoms with Gasteiger partial charge in [0.15, 0.2) is 0 Å². The van der Waals surface area contributed by atoms with Crippen LogP contribution in [0.2, 0.25) is 0 Å². The van der Waals surface area contributed by atoms with Crippen molar-refractivity contribution in [1.82, 2.24) is 4.90 Å². The van der Waals surface area contributed by atoms with Crippen LogP contribution in [0.4, 0.5) is 0 Å². The Hall–Kier alpha value is -1.39. The number of carbonyl (C=O) groups excluding carboxylic acids is 1. The highest BCUT2D eigenvalue weighted by molar-refractivity contribution is 5.78. The van der Waals surface area contributed by atoms with Gasteiger partial charge < -0.3 is 15.4 Å². The van der Waals surface area contributed by atoms with E-state index in [4.69, 9.17) is 10.5 Å². The van der Waals surface area contributed by atoms with Crippen LogP contribution in [-0.2, 0) is 16.0 Å². The van der Waals surface area contributed by atoms with Gasteiger partial charge in [-0.15, -0.1) is 0 Å². The molecule has 0 aromatic heterocycles. The molecule has 1 saturated heterocycles. The first-order valence-electron chi connectivity index (χ1n) is 6.42. The normalized spacial score (nSPS) is 18.8. The Labute approximate surface area is 108 Å². The number of rotatable bonds is 5. The number of nitrogens with two attached hydrogens (primary N) is 1. The third kappa shape index (κ3) is 3.31. The van der Waals surface area contributed by atoms with E-state index in [1.54, 1.807) is 0 Å². The SMILES string of the molecule is NCC(=O)N(CCc1ccccc1)C1CCOC1. The van der Waals surface area contributed by atoms with Crippen molar-refractivity contribution < 1.29 is 9.53 Å². The average Bonchev–Trinajstić information content (AvgIpc) is 2.94. The molecule has 1 amide bonds. The number of ether oxygens (including phenoxy) is 1. The van der Waals surface area contributed by atoms with Crippen molar-refractivity contribution in [2.24, 2.45) is 5.73 Å². The summed E-state index contributed by atoms with van der Waals surface area (Å²) in [5, 5.41) is 0. The van der Waals surface area contributed by atoms with E-state index in [2.05, 4.69) is 12.1 Å². The molecule has 98 valence electrons. The molecule has 1 heterocycles. The molecule has 1 aromatic carbocycles. The van der Waals surface area contributed by atoms with Crippen LogP contribution in [-0.4, -0.2) is 43.2 Å². The number of benzene rings is 1. The molecule has 0 radical (unpaired) electrons. The van der Waals surface area contributed by atoms with Gasteiger partial charge in [0.1, 0.15) is 0 Å². The van der Waals surface area contributed by atoms with Crippen LogP contribution >= 0.6 is 0 Å². The second kappa shape index (κ2) is 6.52. The number of hydrogen-bond acceptors (Lipinski definition) is 3. The maximum absolute atomic E-state index is 11.9. The summed E-state index contributed by atoms with van der Waals surface area (Å²) in [6, 6.07) is 10.4. The van der Waals surface area contributed by atoms with E-state index in [-0.39, 0.29) is 18.5 Å². The number of nitrogens with zero attached hydrogens (tertiary/aromatic N) is 1. The largest absolute Gasteiger partial charge is 0.379 e. The van der Waals surface area contributed by atoms with Gasteiger partial charge in [0.2, 0.25) is 5.91 Å². The Bertz CT molecular complexity index is 375. The Balaban J connectivity index is 1.94. The molecule has 0 aliphatic carbocycles. The highest BCUT2D eigenvalue weighted by Crippen LogP contribution is 2.13. The fourth-order valence-electron chi connectivity index (χ4n) is 2.29. The van der Waals surface area contributed by atoms with Crippen LogP contribution in [0, 0.1) is 0 Å². The number of amides is 1. The van der Waals surface area contributed by atoms with E-state index < -0.39 is 0 Å². The van der Waals surface area contributed by atoms with E-state index in [0.29, 0.717) is 13.2 Å². The highest BCUT2D eigenvalue weighted by atomic mass is 16.5. The number of hydrogen-bond donors (Lipinski definition) is 1. The summed E-state index contributed by atoms with van der Waals surface area (Å²) in [6.07, 6.45) is 1.78. The first kappa shape index (κ1) is 13.1. The van der Waals surface area contributed by atoms with Gasteiger partial charge in [-0.05, 0) is 18.4 Å². The molecule has 1 aromatic rings. The van der Waals surface area contributed by atoms with E-state index >= 15 is 0 Å². The maximum Gasteiger partial charge on any atom is 0.236 e. The molecular formula is C14H20N2O2. The second-order valence-electron chi connectivity index (χ2n) is 4.54. The van der Waals surface area contributed by atoms with Gasteiger partial charge in [0.25, 0.3) is 0 Å². The zero-order valence-corrected chi connectivity index (χ0v) is 10.5. The van der Waals surface area contributed by atoms with Crippen molar-refractivity contribution in [3.8, 4) is 0 Å². The van der Waals surface area contributed by atoms with Crippen molar-refractivity contribution in [3.63, 3.8) is 0 Å². The quantitative estimate of drug-likeness (QED) is 0.838. The topological polar surface area (TPSA) is 55.6 Å². The Morgan fingerprint density at radius 1 is 1.39 bits per heavy atom. The van der Waals surface area contributed by atoms with Gasteiger partial charge in [-0.3, -0.25) is 4.79 Å². The zero-order chi connectivity index (χ0) is 12.8. The van der Waals surface area contributed by atoms with Crippen LogP contribution in [0.5, 0.6) is 0 Å². The molecular weight excluding hydrogens is 228 g/mol. The van der Waals surface area contributed by atoms with Crippen LogP contribution < -0.4 is 5.73 Å². The Morgan fingerprint density at radius 2 is 2.17 bits per heavy atom. The summed E-state index contributed by atoms with van der Waals surface area (Å²) in [7, 11) is 0. The summed E-state index contributed by atoms with van der Waals surface area (Å²) in [5.74, 6) is 0.0152. The van der Waals surface area contributed by atoms with E-state index in [1.807, 2.05) is 23.1 Å². The van der Waals surface area contributed by atoms with Gasteiger partial charge in [0.05, 0.1) is 19.2 Å². The molecule has 0 bridgehead atoms. The predicted octanol–water partition coefficient (Wildman–Crippen LogP) is 0.805. The molecule has 0 spiro atoms. The van der Waals surface area contributed by atoms with Gasteiger partial charge in [-0.25, -0.2) is 0 Å². The summed E-state index contributed by atoms with van der Waals surface area (Å²) in [4.78, 5) is 13.7. The molecule has 1 fully saturated rings. The molecule has 1 aliphatic rings. The number of carbonyl (C=O) groups is 1. The van der Waals surface area contributed by atoms with Gasteiger partial charge in [-0.2, -0.15) is 0 Å². The standard InChI is InChI=1S/C14H20N2O2/c15-10-14(17)16(13-7-9-18-11-13)8-6-12-4-2-1-3-5-12/h1-5,13H,6-11,15H2. The average molecular weight is 248 g/mol. The van der Waals surface area contributed by atoms with E-state index in [0.717, 1.165) is 19.4 Å². The molecule has 4 nitrogen and oxygen atoms in total. The van der Waals surface area contributed by atoms with Crippen molar-refractivity contribution in [3.05, 3.63) is 35.9 Å². The van der Waals surface area contributed by atoms with Crippen molar-refractivity contribution in [2.75, 3.05) is 26.3 Å². The molecule has 1 atom stereocenters. The van der Waals surface area contributed by atoms with Crippen LogP contribution in [0.3, 0.4) is 0 Å². The Morgan fingerprint density at radius 3 is 2.78 bits per heavy atom. The fraction of sp³-hybridized carbons (Fsp3) is 0.500. The summed E-state index contributed by atoms with van der Waals surface area (Å²) >= 11 is 0. The monoisotopic (exact) mass is 248 g/mol. The van der Waals surface area contributed by atoms with Gasteiger partial charge >= 0.3 is 0 Å². The lowest BCUT2D eigenvalue weighted by molar-refractivity contribution is -0.132. The molecule has 1 unspecified atom stereocenters. The third-order valence-corrected chi connectivity index (χ3v) is 3.33. The maximum atomic E-state index is 11.9. The molecule has 2 rings (SSSR count). The van der Waals surface area contributed by atoms with Gasteiger partial charge in [0, 0.05) is 13.2 Å². The minimum absolute atomic E-state index is 0.0152. The van der Waals surface area contributed by atoms with Gasteiger partial charge in [-0.1, -0.05) is 30.3 Å². The van der Waals surface area contributed by atoms with Crippen LogP contribution in [0.1, 0.15) is 12.0 Å². The predicted molar refractivity (Wildman–Crippen MR) is 70.1 cm³/mol. The fourth-order valence-corrected chi connectivity index (χ4v) is 2.29. The summed E-state index contributed by atoms with van der Waals surface area (Å²) in [6.45, 7) is 2.17. The molecule has 4 heteroatoms. The first-order chi connectivity index (χ1) is 8.81. The minimum Gasteiger partial charge on any atom is -0.379 e. The van der Waals surface area contributed by atoms with Crippen molar-refractivity contribution in [1.29, 1.82) is 0 Å². The van der Waals surface area contributed by atoms with Crippen molar-refractivity contribution >= 4 is 5.91 Å². The van der Waals surface area contributed by atoms with E-state index in [1.165, 1.54) is 5.56 Å². The minimum atomic E-state index is 0.0152. The third-order valence-electron chi connectivity index (χ3n) is 3.33. The summed E-state index contributed by atoms with van der Waals surface area (Å²) < 4.78 is 5.35. The molecule has 2 N–H and O–H groups in total. The first-order valence-corrected chi connectivity index (χ1v) is 6.42. The zero-order valence-electron chi connectivity index (χ0n) is 10.5. The Kier molecular flexibility index (Phi) is 4.73. The summed E-state index contributed by atoms with van der Waals surface area (Å²) in [5.41, 5.74) is 6.72. The lowest BCUT2D eigenvalue weighted by Gasteiger charge is -2.27. The molecule has 0 saturated carbocycles. The van der Waals surface area contributed by atoms with E-state index in [9.17, 15) is 4.79 Å². The van der Waals surface area contributed by atoms with Crippen molar-refractivity contribution in [2.45, 2.75) is 18.9 Å². The smallest absolute Gasteiger partial charge is 0.236 e. The second-order valence-corrected chi connectivity index (χ2v) is 4.54. The lowest BCUT2D eigenvalue weighted by Crippen LogP contribution is -2.45. The molecule has 18 heavy (non-hydrogen) atoms. The lowest BCUT2D eigenvalue weighted by atomic mass is 10.1.